The number of benzene rings is 1. The third-order valence-electron chi connectivity index (χ3n) is 2.45. The van der Waals surface area contributed by atoms with Crippen LogP contribution < -0.4 is 22.1 Å². The third-order valence-corrected chi connectivity index (χ3v) is 2.45. The van der Waals surface area contributed by atoms with E-state index in [9.17, 15) is 9.59 Å². The minimum absolute atomic E-state index is 0.0187. The number of carbonyl (C=O) groups is 2. The Kier molecular flexibility index (Phi) is 5.17. The summed E-state index contributed by atoms with van der Waals surface area (Å²) in [4.78, 5) is 22.4. The monoisotopic (exact) mass is 264 g/mol. The number of anilines is 2. The van der Waals surface area contributed by atoms with E-state index >= 15 is 0 Å². The fourth-order valence-electron chi connectivity index (χ4n) is 1.58. The van der Waals surface area contributed by atoms with Crippen LogP contribution in [0.2, 0.25) is 0 Å². The number of nitrogens with one attached hydrogen (secondary N) is 2. The maximum Gasteiger partial charge on any atom is 0.248 e. The fraction of sp³-hybridized carbons (Fsp3) is 0.385. The van der Waals surface area contributed by atoms with Gasteiger partial charge in [0, 0.05) is 24.6 Å². The van der Waals surface area contributed by atoms with Crippen molar-refractivity contribution in [3.05, 3.63) is 23.8 Å². The SMILES string of the molecule is CC(C)NC(=O)CCNc1ccc(C(N)=O)cc1N. The molecule has 0 saturated carbocycles. The second kappa shape index (κ2) is 6.63. The molecular weight excluding hydrogens is 244 g/mol. The van der Waals surface area contributed by atoms with E-state index in [0.717, 1.165) is 0 Å². The summed E-state index contributed by atoms with van der Waals surface area (Å²) in [5.41, 5.74) is 12.4. The van der Waals surface area contributed by atoms with Gasteiger partial charge >= 0.3 is 0 Å². The van der Waals surface area contributed by atoms with Gasteiger partial charge in [0.15, 0.2) is 0 Å². The zero-order valence-electron chi connectivity index (χ0n) is 11.2. The number of hydrogen-bond acceptors (Lipinski definition) is 4. The van der Waals surface area contributed by atoms with Crippen molar-refractivity contribution in [2.45, 2.75) is 26.3 Å². The summed E-state index contributed by atoms with van der Waals surface area (Å²) >= 11 is 0. The molecule has 0 aromatic heterocycles. The van der Waals surface area contributed by atoms with E-state index in [1.807, 2.05) is 13.8 Å². The van der Waals surface area contributed by atoms with Crippen molar-refractivity contribution in [3.8, 4) is 0 Å². The first-order chi connectivity index (χ1) is 8.90. The Hall–Kier alpha value is -2.24. The summed E-state index contributed by atoms with van der Waals surface area (Å²) in [6.07, 6.45) is 0.356. The van der Waals surface area contributed by atoms with E-state index in [0.29, 0.717) is 29.9 Å². The second-order valence-corrected chi connectivity index (χ2v) is 4.57. The summed E-state index contributed by atoms with van der Waals surface area (Å²) in [6, 6.07) is 4.91. The molecule has 0 aliphatic heterocycles. The van der Waals surface area contributed by atoms with Crippen LogP contribution in [0.25, 0.3) is 0 Å². The smallest absolute Gasteiger partial charge is 0.248 e. The van der Waals surface area contributed by atoms with E-state index in [1.54, 1.807) is 12.1 Å². The zero-order valence-corrected chi connectivity index (χ0v) is 11.2. The Morgan fingerprint density at radius 3 is 2.53 bits per heavy atom. The molecule has 1 rings (SSSR count). The largest absolute Gasteiger partial charge is 0.397 e. The zero-order chi connectivity index (χ0) is 14.4. The molecule has 0 radical (unpaired) electrons. The lowest BCUT2D eigenvalue weighted by Crippen LogP contribution is -2.31. The summed E-state index contributed by atoms with van der Waals surface area (Å²) in [5, 5.41) is 5.84. The van der Waals surface area contributed by atoms with Gasteiger partial charge in [-0.2, -0.15) is 0 Å². The number of nitrogen functional groups attached to an aromatic ring is 1. The molecule has 1 aromatic carbocycles. The van der Waals surface area contributed by atoms with Gasteiger partial charge in [-0.3, -0.25) is 9.59 Å². The van der Waals surface area contributed by atoms with Gasteiger partial charge < -0.3 is 22.1 Å². The molecule has 0 atom stereocenters. The molecule has 104 valence electrons. The van der Waals surface area contributed by atoms with Crippen LogP contribution in [0.4, 0.5) is 11.4 Å². The predicted molar refractivity (Wildman–Crippen MR) is 75.8 cm³/mol. The first-order valence-corrected chi connectivity index (χ1v) is 6.12. The molecule has 2 amide bonds. The van der Waals surface area contributed by atoms with Gasteiger partial charge in [0.1, 0.15) is 0 Å². The van der Waals surface area contributed by atoms with Crippen molar-refractivity contribution in [1.29, 1.82) is 0 Å². The van der Waals surface area contributed by atoms with Gasteiger partial charge in [-0.15, -0.1) is 0 Å². The lowest BCUT2D eigenvalue weighted by Gasteiger charge is -2.11. The number of carbonyl (C=O) groups excluding carboxylic acids is 2. The fourth-order valence-corrected chi connectivity index (χ4v) is 1.58. The summed E-state index contributed by atoms with van der Waals surface area (Å²) in [7, 11) is 0. The highest BCUT2D eigenvalue weighted by molar-refractivity contribution is 5.94. The van der Waals surface area contributed by atoms with Crippen molar-refractivity contribution in [3.63, 3.8) is 0 Å². The van der Waals surface area contributed by atoms with Crippen molar-refractivity contribution < 1.29 is 9.59 Å². The van der Waals surface area contributed by atoms with E-state index in [-0.39, 0.29) is 11.9 Å². The van der Waals surface area contributed by atoms with Gasteiger partial charge in [0.25, 0.3) is 0 Å². The van der Waals surface area contributed by atoms with Crippen LogP contribution in [-0.2, 0) is 4.79 Å². The summed E-state index contributed by atoms with van der Waals surface area (Å²) in [6.45, 7) is 4.29. The van der Waals surface area contributed by atoms with E-state index < -0.39 is 5.91 Å². The molecule has 0 aliphatic carbocycles. The van der Waals surface area contributed by atoms with E-state index in [1.165, 1.54) is 6.07 Å². The Morgan fingerprint density at radius 2 is 2.00 bits per heavy atom. The molecule has 0 heterocycles. The van der Waals surface area contributed by atoms with E-state index in [4.69, 9.17) is 11.5 Å². The van der Waals surface area contributed by atoms with Gasteiger partial charge in [-0.25, -0.2) is 0 Å². The Labute approximate surface area is 112 Å². The van der Waals surface area contributed by atoms with Crippen LogP contribution in [0.1, 0.15) is 30.6 Å². The first kappa shape index (κ1) is 14.8. The number of nitrogens with two attached hydrogens (primary N) is 2. The lowest BCUT2D eigenvalue weighted by molar-refractivity contribution is -0.121. The van der Waals surface area contributed by atoms with Crippen LogP contribution in [-0.4, -0.2) is 24.4 Å². The normalized spacial score (nSPS) is 10.3. The Balaban J connectivity index is 2.50. The first-order valence-electron chi connectivity index (χ1n) is 6.12. The average Bonchev–Trinajstić information content (AvgIpc) is 2.29. The van der Waals surface area contributed by atoms with Crippen LogP contribution in [0.15, 0.2) is 18.2 Å². The molecular formula is C13H20N4O2. The average molecular weight is 264 g/mol. The van der Waals surface area contributed by atoms with Crippen molar-refractivity contribution in [2.24, 2.45) is 5.73 Å². The molecule has 0 aliphatic rings. The van der Waals surface area contributed by atoms with Gasteiger partial charge in [-0.05, 0) is 32.0 Å². The quantitative estimate of drug-likeness (QED) is 0.567. The maximum atomic E-state index is 11.4. The summed E-state index contributed by atoms with van der Waals surface area (Å²) < 4.78 is 0. The number of rotatable bonds is 6. The van der Waals surface area contributed by atoms with Gasteiger partial charge in [0.05, 0.1) is 11.4 Å². The van der Waals surface area contributed by atoms with Crippen LogP contribution in [0.3, 0.4) is 0 Å². The molecule has 1 aromatic rings. The third kappa shape index (κ3) is 4.87. The van der Waals surface area contributed by atoms with Gasteiger partial charge in [0.2, 0.25) is 11.8 Å². The minimum atomic E-state index is -0.519. The number of hydrogen-bond donors (Lipinski definition) is 4. The van der Waals surface area contributed by atoms with Crippen molar-refractivity contribution in [2.75, 3.05) is 17.6 Å². The topological polar surface area (TPSA) is 110 Å². The molecule has 6 nitrogen and oxygen atoms in total. The highest BCUT2D eigenvalue weighted by atomic mass is 16.2. The number of amides is 2. The minimum Gasteiger partial charge on any atom is -0.397 e. The molecule has 19 heavy (non-hydrogen) atoms. The van der Waals surface area contributed by atoms with Crippen molar-refractivity contribution in [1.82, 2.24) is 5.32 Å². The highest BCUT2D eigenvalue weighted by Crippen LogP contribution is 2.19. The molecule has 0 fully saturated rings. The standard InChI is InChI=1S/C13H20N4O2/c1-8(2)17-12(18)5-6-16-11-4-3-9(13(15)19)7-10(11)14/h3-4,7-8,16H,5-6,14H2,1-2H3,(H2,15,19)(H,17,18). The van der Waals surface area contributed by atoms with Crippen LogP contribution in [0.5, 0.6) is 0 Å². The molecule has 0 unspecified atom stereocenters. The molecule has 6 N–H and O–H groups in total. The van der Waals surface area contributed by atoms with Crippen molar-refractivity contribution >= 4 is 23.2 Å². The van der Waals surface area contributed by atoms with Crippen LogP contribution >= 0.6 is 0 Å². The predicted octanol–water partition coefficient (Wildman–Crippen LogP) is 0.694. The summed E-state index contributed by atoms with van der Waals surface area (Å²) in [5.74, 6) is -0.538. The lowest BCUT2D eigenvalue weighted by atomic mass is 10.1. The Morgan fingerprint density at radius 1 is 1.32 bits per heavy atom. The number of primary amides is 1. The second-order valence-electron chi connectivity index (χ2n) is 4.57. The highest BCUT2D eigenvalue weighted by Gasteiger charge is 2.06. The molecule has 0 bridgehead atoms. The van der Waals surface area contributed by atoms with Gasteiger partial charge in [-0.1, -0.05) is 0 Å². The van der Waals surface area contributed by atoms with Crippen LogP contribution in [0, 0.1) is 0 Å². The molecule has 0 saturated heterocycles. The maximum absolute atomic E-state index is 11.4. The Bertz CT molecular complexity index is 472. The molecule has 6 heteroatoms. The van der Waals surface area contributed by atoms with E-state index in [2.05, 4.69) is 10.6 Å². The molecule has 0 spiro atoms.